The van der Waals surface area contributed by atoms with E-state index in [9.17, 15) is 18.0 Å². The summed E-state index contributed by atoms with van der Waals surface area (Å²) in [6.45, 7) is -0.812. The number of hydrogen-bond donors (Lipinski definition) is 2. The number of aliphatic hydroxyl groups excluding tert-OH is 1. The second-order valence-electron chi connectivity index (χ2n) is 6.17. The lowest BCUT2D eigenvalue weighted by Crippen LogP contribution is -2.41. The molecular weight excluding hydrogens is 347 g/mol. The number of rotatable bonds is 5. The van der Waals surface area contributed by atoms with E-state index in [1.165, 1.54) is 0 Å². The van der Waals surface area contributed by atoms with Gasteiger partial charge in [0, 0.05) is 5.92 Å². The van der Waals surface area contributed by atoms with E-state index in [0.29, 0.717) is 0 Å². The van der Waals surface area contributed by atoms with E-state index in [0.717, 1.165) is 22.3 Å². The van der Waals surface area contributed by atoms with Crippen LogP contribution in [0, 0.1) is 0 Å². The first kappa shape index (κ1) is 18.3. The van der Waals surface area contributed by atoms with Gasteiger partial charge in [-0.2, -0.15) is 13.2 Å². The lowest BCUT2D eigenvalue weighted by Gasteiger charge is -2.19. The molecule has 2 aromatic rings. The van der Waals surface area contributed by atoms with E-state index >= 15 is 0 Å². The molecule has 0 fully saturated rings. The Balaban J connectivity index is 1.67. The molecule has 0 bridgehead atoms. The topological polar surface area (TPSA) is 58.6 Å². The van der Waals surface area contributed by atoms with Gasteiger partial charge in [0.2, 0.25) is 0 Å². The predicted octanol–water partition coefficient (Wildman–Crippen LogP) is 3.84. The first-order valence-electron chi connectivity index (χ1n) is 8.18. The molecule has 1 aliphatic rings. The van der Waals surface area contributed by atoms with Gasteiger partial charge in [0.15, 0.2) is 0 Å². The monoisotopic (exact) mass is 365 g/mol. The van der Waals surface area contributed by atoms with Gasteiger partial charge in [-0.05, 0) is 22.3 Å². The molecule has 0 saturated carbocycles. The molecule has 0 aliphatic heterocycles. The molecule has 3 rings (SSSR count). The number of ether oxygens (including phenoxy) is 1. The highest BCUT2D eigenvalue weighted by Gasteiger charge is 2.33. The van der Waals surface area contributed by atoms with Crippen LogP contribution in [0.4, 0.5) is 18.0 Å². The molecule has 7 heteroatoms. The molecule has 1 aliphatic carbocycles. The quantitative estimate of drug-likeness (QED) is 0.847. The molecule has 26 heavy (non-hydrogen) atoms. The Morgan fingerprint density at radius 3 is 2.12 bits per heavy atom. The highest BCUT2D eigenvalue weighted by molar-refractivity contribution is 5.79. The summed E-state index contributed by atoms with van der Waals surface area (Å²) >= 11 is 0. The van der Waals surface area contributed by atoms with E-state index < -0.39 is 31.3 Å². The van der Waals surface area contributed by atoms with Crippen molar-refractivity contribution < 1.29 is 27.8 Å². The fourth-order valence-corrected chi connectivity index (χ4v) is 3.25. The fourth-order valence-electron chi connectivity index (χ4n) is 3.25. The highest BCUT2D eigenvalue weighted by atomic mass is 19.4. The van der Waals surface area contributed by atoms with Crippen LogP contribution in [-0.2, 0) is 4.74 Å². The van der Waals surface area contributed by atoms with Gasteiger partial charge in [-0.3, -0.25) is 0 Å². The van der Waals surface area contributed by atoms with Crippen LogP contribution >= 0.6 is 0 Å². The van der Waals surface area contributed by atoms with Crippen LogP contribution in [-0.4, -0.2) is 36.6 Å². The molecule has 0 radical (unpaired) electrons. The van der Waals surface area contributed by atoms with Crippen LogP contribution in [0.25, 0.3) is 11.1 Å². The normalized spacial score (nSPS) is 14.5. The lowest BCUT2D eigenvalue weighted by molar-refractivity contribution is -0.141. The summed E-state index contributed by atoms with van der Waals surface area (Å²) in [5.41, 5.74) is 4.14. The Bertz CT molecular complexity index is 746. The fraction of sp³-hybridized carbons (Fsp3) is 0.316. The third-order valence-electron chi connectivity index (χ3n) is 4.36. The SMILES string of the molecule is O=C(N[C@@H](CO)CC(F)(F)F)OCC1c2ccccc2-c2ccccc21. The summed E-state index contributed by atoms with van der Waals surface area (Å²) in [7, 11) is 0. The summed E-state index contributed by atoms with van der Waals surface area (Å²) in [6, 6.07) is 14.1. The molecule has 2 N–H and O–H groups in total. The molecule has 138 valence electrons. The largest absolute Gasteiger partial charge is 0.449 e. The van der Waals surface area contributed by atoms with Gasteiger partial charge in [0.25, 0.3) is 0 Å². The molecular formula is C19H18F3NO3. The van der Waals surface area contributed by atoms with E-state index in [4.69, 9.17) is 9.84 Å². The van der Waals surface area contributed by atoms with Crippen LogP contribution in [0.3, 0.4) is 0 Å². The first-order chi connectivity index (χ1) is 12.4. The summed E-state index contributed by atoms with van der Waals surface area (Å²) in [6.07, 6.45) is -6.77. The summed E-state index contributed by atoms with van der Waals surface area (Å²) in [4.78, 5) is 11.9. The van der Waals surface area contributed by atoms with E-state index in [2.05, 4.69) is 5.32 Å². The summed E-state index contributed by atoms with van der Waals surface area (Å²) < 4.78 is 42.4. The van der Waals surface area contributed by atoms with Crippen molar-refractivity contribution in [2.45, 2.75) is 24.6 Å². The molecule has 0 aromatic heterocycles. The Hall–Kier alpha value is -2.54. The molecule has 0 heterocycles. The van der Waals surface area contributed by atoms with E-state index in [1.54, 1.807) is 0 Å². The molecule has 0 unspecified atom stereocenters. The van der Waals surface area contributed by atoms with Gasteiger partial charge in [0.05, 0.1) is 19.1 Å². The number of benzene rings is 2. The molecule has 1 amide bonds. The number of aliphatic hydroxyl groups is 1. The van der Waals surface area contributed by atoms with E-state index in [1.807, 2.05) is 48.5 Å². The maximum atomic E-state index is 12.4. The average Bonchev–Trinajstić information content (AvgIpc) is 2.92. The molecule has 0 saturated heterocycles. The van der Waals surface area contributed by atoms with Crippen molar-refractivity contribution in [3.8, 4) is 11.1 Å². The summed E-state index contributed by atoms with van der Waals surface area (Å²) in [5, 5.41) is 11.1. The maximum Gasteiger partial charge on any atom is 0.407 e. The minimum Gasteiger partial charge on any atom is -0.449 e. The first-order valence-corrected chi connectivity index (χ1v) is 8.18. The van der Waals surface area contributed by atoms with Crippen LogP contribution in [0.1, 0.15) is 23.5 Å². The van der Waals surface area contributed by atoms with Gasteiger partial charge in [-0.15, -0.1) is 0 Å². The molecule has 4 nitrogen and oxygen atoms in total. The number of alkyl halides is 3. The van der Waals surface area contributed by atoms with E-state index in [-0.39, 0.29) is 12.5 Å². The second-order valence-corrected chi connectivity index (χ2v) is 6.17. The number of nitrogens with one attached hydrogen (secondary N) is 1. The van der Waals surface area contributed by atoms with Crippen molar-refractivity contribution in [1.82, 2.24) is 5.32 Å². The standard InChI is InChI=1S/C19H18F3NO3/c20-19(21,22)9-12(10-24)23-18(25)26-11-17-15-7-3-1-5-13(15)14-6-2-4-8-16(14)17/h1-8,12,17,24H,9-11H2,(H,23,25)/t12-/m1/s1. The smallest absolute Gasteiger partial charge is 0.407 e. The van der Waals surface area contributed by atoms with Crippen LogP contribution < -0.4 is 5.32 Å². The Morgan fingerprint density at radius 2 is 1.62 bits per heavy atom. The van der Waals surface area contributed by atoms with Crippen LogP contribution in [0.15, 0.2) is 48.5 Å². The third-order valence-corrected chi connectivity index (χ3v) is 4.36. The predicted molar refractivity (Wildman–Crippen MR) is 89.8 cm³/mol. The zero-order valence-electron chi connectivity index (χ0n) is 13.8. The molecule has 2 aromatic carbocycles. The van der Waals surface area contributed by atoms with Crippen LogP contribution in [0.5, 0.6) is 0 Å². The molecule has 0 spiro atoms. The zero-order valence-corrected chi connectivity index (χ0v) is 13.8. The number of fused-ring (bicyclic) bond motifs is 3. The summed E-state index contributed by atoms with van der Waals surface area (Å²) in [5.74, 6) is -0.177. The highest BCUT2D eigenvalue weighted by Crippen LogP contribution is 2.44. The number of hydrogen-bond acceptors (Lipinski definition) is 3. The zero-order chi connectivity index (χ0) is 18.7. The van der Waals surface area contributed by atoms with Gasteiger partial charge >= 0.3 is 12.3 Å². The second kappa shape index (κ2) is 7.37. The Kier molecular flexibility index (Phi) is 5.18. The third kappa shape index (κ3) is 3.99. The minimum atomic E-state index is -4.48. The lowest BCUT2D eigenvalue weighted by atomic mass is 9.98. The van der Waals surface area contributed by atoms with Gasteiger partial charge in [-0.1, -0.05) is 48.5 Å². The van der Waals surface area contributed by atoms with Crippen molar-refractivity contribution in [2.24, 2.45) is 0 Å². The Labute approximate surface area is 148 Å². The maximum absolute atomic E-state index is 12.4. The van der Waals surface area contributed by atoms with Crippen molar-refractivity contribution in [3.63, 3.8) is 0 Å². The van der Waals surface area contributed by atoms with Gasteiger partial charge in [0.1, 0.15) is 6.61 Å². The van der Waals surface area contributed by atoms with Crippen molar-refractivity contribution >= 4 is 6.09 Å². The number of halogens is 3. The average molecular weight is 365 g/mol. The Morgan fingerprint density at radius 1 is 1.08 bits per heavy atom. The van der Waals surface area contributed by atoms with Crippen molar-refractivity contribution in [2.75, 3.05) is 13.2 Å². The number of alkyl carbamates (subject to hydrolysis) is 1. The van der Waals surface area contributed by atoms with Crippen molar-refractivity contribution in [3.05, 3.63) is 59.7 Å². The van der Waals surface area contributed by atoms with Crippen molar-refractivity contribution in [1.29, 1.82) is 0 Å². The minimum absolute atomic E-state index is 0.00399. The van der Waals surface area contributed by atoms with Gasteiger partial charge < -0.3 is 15.2 Å². The number of carbonyl (C=O) groups excluding carboxylic acids is 1. The number of carbonyl (C=O) groups is 1. The molecule has 1 atom stereocenters. The van der Waals surface area contributed by atoms with Gasteiger partial charge in [-0.25, -0.2) is 4.79 Å². The number of amides is 1. The van der Waals surface area contributed by atoms with Crippen LogP contribution in [0.2, 0.25) is 0 Å².